The van der Waals surface area contributed by atoms with Gasteiger partial charge in [-0.25, -0.2) is 9.38 Å². The minimum Gasteiger partial charge on any atom is -0.494 e. The summed E-state index contributed by atoms with van der Waals surface area (Å²) in [6.45, 7) is 2.68. The van der Waals surface area contributed by atoms with Crippen LogP contribution in [0.2, 0.25) is 0 Å². The molecule has 196 valence electrons. The molecule has 0 saturated carbocycles. The van der Waals surface area contributed by atoms with E-state index < -0.39 is 11.8 Å². The third-order valence-corrected chi connectivity index (χ3v) is 6.20. The van der Waals surface area contributed by atoms with E-state index in [1.54, 1.807) is 23.1 Å². The Kier molecular flexibility index (Phi) is 8.18. The van der Waals surface area contributed by atoms with Crippen molar-refractivity contribution in [3.63, 3.8) is 0 Å². The molecule has 0 unspecified atom stereocenters. The Morgan fingerprint density at radius 2 is 1.76 bits per heavy atom. The highest BCUT2D eigenvalue weighted by molar-refractivity contribution is 6.21. The summed E-state index contributed by atoms with van der Waals surface area (Å²) in [5.74, 6) is -1.53. The Bertz CT molecular complexity index is 1480. The molecule has 0 bridgehead atoms. The number of nitrogens with zero attached hydrogens (tertiary/aromatic N) is 2. The maximum atomic E-state index is 13.9. The van der Waals surface area contributed by atoms with Crippen LogP contribution in [0.3, 0.4) is 0 Å². The first-order valence-corrected chi connectivity index (χ1v) is 12.2. The van der Waals surface area contributed by atoms with Gasteiger partial charge in [-0.2, -0.15) is 0 Å². The molecule has 0 fully saturated rings. The number of aromatic hydroxyl groups is 1. The van der Waals surface area contributed by atoms with Crippen molar-refractivity contribution < 1.29 is 24.2 Å². The van der Waals surface area contributed by atoms with Crippen LogP contribution in [0.1, 0.15) is 30.0 Å². The predicted octanol–water partition coefficient (Wildman–Crippen LogP) is 4.77. The molecule has 1 amide bonds. The maximum absolute atomic E-state index is 13.9. The molecule has 0 aliphatic heterocycles. The van der Waals surface area contributed by atoms with E-state index in [1.807, 2.05) is 43.4 Å². The van der Waals surface area contributed by atoms with E-state index in [9.17, 15) is 19.1 Å². The Labute approximate surface area is 219 Å². The quantitative estimate of drug-likeness (QED) is 0.227. The van der Waals surface area contributed by atoms with E-state index in [4.69, 9.17) is 10.1 Å². The summed E-state index contributed by atoms with van der Waals surface area (Å²) in [7, 11) is 1.82. The summed E-state index contributed by atoms with van der Waals surface area (Å²) in [6, 6.07) is 18.7. The minimum atomic E-state index is -0.870. The second kappa shape index (κ2) is 11.7. The van der Waals surface area contributed by atoms with E-state index in [-0.39, 0.29) is 18.2 Å². The molecule has 9 heteroatoms. The smallest absolute Gasteiger partial charge is 0.303 e. The van der Waals surface area contributed by atoms with Crippen molar-refractivity contribution in [3.8, 4) is 5.88 Å². The van der Waals surface area contributed by atoms with Crippen LogP contribution in [-0.4, -0.2) is 52.9 Å². The van der Waals surface area contributed by atoms with Gasteiger partial charge in [0.05, 0.1) is 22.5 Å². The van der Waals surface area contributed by atoms with Gasteiger partial charge in [0.25, 0.3) is 0 Å². The first-order valence-electron chi connectivity index (χ1n) is 12.2. The number of carbonyl (C=O) groups excluding carboxylic acids is 1. The summed E-state index contributed by atoms with van der Waals surface area (Å²) < 4.78 is 13.9. The van der Waals surface area contributed by atoms with Gasteiger partial charge in [-0.1, -0.05) is 24.3 Å². The van der Waals surface area contributed by atoms with E-state index in [0.717, 1.165) is 11.3 Å². The van der Waals surface area contributed by atoms with Gasteiger partial charge in [0.1, 0.15) is 5.82 Å². The van der Waals surface area contributed by atoms with Crippen molar-refractivity contribution in [2.75, 3.05) is 25.0 Å². The van der Waals surface area contributed by atoms with Gasteiger partial charge in [-0.05, 0) is 61.5 Å². The van der Waals surface area contributed by atoms with Crippen LogP contribution in [0.5, 0.6) is 5.88 Å². The lowest BCUT2D eigenvalue weighted by atomic mass is 9.98. The molecule has 3 aromatic carbocycles. The van der Waals surface area contributed by atoms with Crippen LogP contribution in [-0.2, 0) is 16.0 Å². The van der Waals surface area contributed by atoms with Crippen LogP contribution in [0.15, 0.2) is 71.7 Å². The number of halogens is 1. The first kappa shape index (κ1) is 26.6. The third-order valence-electron chi connectivity index (χ3n) is 6.20. The third kappa shape index (κ3) is 6.07. The molecule has 0 spiro atoms. The molecule has 0 atom stereocenters. The van der Waals surface area contributed by atoms with Gasteiger partial charge in [0, 0.05) is 43.1 Å². The zero-order valence-electron chi connectivity index (χ0n) is 21.2. The van der Waals surface area contributed by atoms with Crippen molar-refractivity contribution in [2.24, 2.45) is 4.99 Å². The lowest BCUT2D eigenvalue weighted by Gasteiger charge is -2.21. The van der Waals surface area contributed by atoms with Crippen LogP contribution in [0, 0.1) is 5.82 Å². The number of carboxylic acid groups (broad SMARTS) is 1. The average molecular weight is 517 g/mol. The van der Waals surface area contributed by atoms with E-state index in [1.165, 1.54) is 19.1 Å². The number of carboxylic acids is 1. The van der Waals surface area contributed by atoms with Crippen LogP contribution in [0.4, 0.5) is 15.8 Å². The molecule has 38 heavy (non-hydrogen) atoms. The van der Waals surface area contributed by atoms with Gasteiger partial charge in [-0.3, -0.25) is 9.59 Å². The number of fused-ring (bicyclic) bond motifs is 1. The lowest BCUT2D eigenvalue weighted by molar-refractivity contribution is -0.137. The summed E-state index contributed by atoms with van der Waals surface area (Å²) in [5.41, 5.74) is 4.18. The molecule has 4 rings (SSSR count). The fraction of sp³-hybridized carbons (Fsp3) is 0.207. The second-order valence-electron chi connectivity index (χ2n) is 8.88. The van der Waals surface area contributed by atoms with Crippen molar-refractivity contribution in [2.45, 2.75) is 19.8 Å². The van der Waals surface area contributed by atoms with Crippen molar-refractivity contribution in [1.29, 1.82) is 0 Å². The van der Waals surface area contributed by atoms with E-state index in [0.29, 0.717) is 52.9 Å². The molecular weight excluding hydrogens is 487 g/mol. The number of aliphatic carboxylic acids is 1. The molecule has 4 N–H and O–H groups in total. The molecule has 1 aromatic heterocycles. The summed E-state index contributed by atoms with van der Waals surface area (Å²) in [5, 5.41) is 23.4. The van der Waals surface area contributed by atoms with Gasteiger partial charge in [-0.15, -0.1) is 0 Å². The van der Waals surface area contributed by atoms with Gasteiger partial charge in [0.2, 0.25) is 5.91 Å². The number of rotatable bonds is 10. The lowest BCUT2D eigenvalue weighted by Crippen LogP contribution is -2.34. The number of carbonyl (C=O) groups is 2. The Hall–Kier alpha value is -4.50. The molecule has 1 heterocycles. The number of H-pyrrole nitrogens is 1. The summed E-state index contributed by atoms with van der Waals surface area (Å²) in [6.07, 6.45) is 0.411. The zero-order chi connectivity index (χ0) is 27.2. The number of nitrogens with one attached hydrogen (secondary N) is 2. The highest BCUT2D eigenvalue weighted by atomic mass is 19.1. The number of hydrogen-bond donors (Lipinski definition) is 4. The van der Waals surface area contributed by atoms with E-state index >= 15 is 0 Å². The second-order valence-corrected chi connectivity index (χ2v) is 8.88. The van der Waals surface area contributed by atoms with Crippen LogP contribution in [0.25, 0.3) is 10.9 Å². The number of benzene rings is 3. The minimum absolute atomic E-state index is 0.0209. The number of hydrogen-bond acceptors (Lipinski definition) is 5. The Morgan fingerprint density at radius 3 is 2.39 bits per heavy atom. The first-order chi connectivity index (χ1) is 18.3. The Balaban J connectivity index is 1.78. The molecular formula is C29H29FN4O4. The number of aliphatic imine (C=N–C) groups is 1. The van der Waals surface area contributed by atoms with Crippen molar-refractivity contribution in [1.82, 2.24) is 10.3 Å². The average Bonchev–Trinajstić information content (AvgIpc) is 3.21. The van der Waals surface area contributed by atoms with Gasteiger partial charge >= 0.3 is 5.97 Å². The van der Waals surface area contributed by atoms with Crippen molar-refractivity contribution >= 4 is 39.9 Å². The van der Waals surface area contributed by atoms with E-state index in [2.05, 4.69) is 10.3 Å². The number of likely N-dealkylation sites (N-methyl/N-ethyl adjacent to an activating group) is 1. The predicted molar refractivity (Wildman–Crippen MR) is 146 cm³/mol. The number of aryl methyl sites for hydroxylation is 1. The number of aromatic amines is 1. The maximum Gasteiger partial charge on any atom is 0.303 e. The largest absolute Gasteiger partial charge is 0.494 e. The fourth-order valence-corrected chi connectivity index (χ4v) is 4.27. The van der Waals surface area contributed by atoms with Crippen LogP contribution >= 0.6 is 0 Å². The molecule has 4 aromatic rings. The summed E-state index contributed by atoms with van der Waals surface area (Å²) in [4.78, 5) is 32.4. The normalized spacial score (nSPS) is 11.6. The zero-order valence-corrected chi connectivity index (χ0v) is 21.2. The number of aromatic nitrogens is 1. The molecule has 0 saturated heterocycles. The number of anilines is 1. The monoisotopic (exact) mass is 516 g/mol. The molecule has 8 nitrogen and oxygen atoms in total. The highest BCUT2D eigenvalue weighted by Gasteiger charge is 2.19. The SMILES string of the molecule is CNCCN(C(C)=O)c1ccc(N=C(c2ccc(CCC(=O)O)cc2)c2c(O)[nH]c3cc(F)ccc23)cc1. The number of amides is 1. The molecule has 0 radical (unpaired) electrons. The van der Waals surface area contributed by atoms with Gasteiger partial charge < -0.3 is 25.4 Å². The van der Waals surface area contributed by atoms with Gasteiger partial charge in [0.15, 0.2) is 5.88 Å². The topological polar surface area (TPSA) is 118 Å². The summed E-state index contributed by atoms with van der Waals surface area (Å²) >= 11 is 0. The van der Waals surface area contributed by atoms with Crippen LogP contribution < -0.4 is 10.2 Å². The molecule has 0 aliphatic rings. The fourth-order valence-electron chi connectivity index (χ4n) is 4.27. The standard InChI is InChI=1S/C29H29FN4O4/c1-18(35)34(16-15-31-2)23-11-9-22(10-12-23)32-28(20-6-3-19(4-7-20)5-14-26(36)37)27-24-13-8-21(30)17-25(24)33-29(27)38/h3-4,6-13,17,31,33,38H,5,14-16H2,1-2H3,(H,36,37). The highest BCUT2D eigenvalue weighted by Crippen LogP contribution is 2.32. The Morgan fingerprint density at radius 1 is 1.05 bits per heavy atom. The van der Waals surface area contributed by atoms with Crippen molar-refractivity contribution in [3.05, 3.63) is 89.2 Å². The molecule has 0 aliphatic carbocycles.